The second-order valence-electron chi connectivity index (χ2n) is 4.49. The molecule has 6 nitrogen and oxygen atoms in total. The number of aromatic carboxylic acids is 1. The number of anilines is 1. The van der Waals surface area contributed by atoms with E-state index < -0.39 is 5.97 Å². The van der Waals surface area contributed by atoms with E-state index in [1.807, 2.05) is 13.8 Å². The first-order valence-corrected chi connectivity index (χ1v) is 6.51. The van der Waals surface area contributed by atoms with Crippen LogP contribution in [-0.4, -0.2) is 41.4 Å². The van der Waals surface area contributed by atoms with Gasteiger partial charge < -0.3 is 15.5 Å². The minimum absolute atomic E-state index is 0.0296. The van der Waals surface area contributed by atoms with E-state index in [1.54, 1.807) is 12.1 Å². The van der Waals surface area contributed by atoms with Crippen molar-refractivity contribution in [3.8, 4) is 0 Å². The van der Waals surface area contributed by atoms with Gasteiger partial charge in [-0.2, -0.15) is 0 Å². The summed E-state index contributed by atoms with van der Waals surface area (Å²) in [6, 6.07) is 5.68. The molecule has 0 saturated heterocycles. The van der Waals surface area contributed by atoms with E-state index in [-0.39, 0.29) is 30.8 Å². The van der Waals surface area contributed by atoms with Gasteiger partial charge in [-0.3, -0.25) is 4.90 Å². The van der Waals surface area contributed by atoms with Crippen molar-refractivity contribution in [3.63, 3.8) is 0 Å². The van der Waals surface area contributed by atoms with Crippen molar-refractivity contribution in [1.82, 2.24) is 5.32 Å². The molecule has 2 amide bonds. The van der Waals surface area contributed by atoms with E-state index in [1.165, 1.54) is 17.0 Å². The highest BCUT2D eigenvalue weighted by molar-refractivity contribution is 5.93. The molecule has 0 saturated carbocycles. The van der Waals surface area contributed by atoms with Crippen LogP contribution in [0, 0.1) is 0 Å². The molecule has 0 radical (unpaired) electrons. The molecule has 1 rings (SSSR count). The fraction of sp³-hybridized carbons (Fsp3) is 0.429. The molecule has 0 aromatic heterocycles. The normalized spacial score (nSPS) is 11.8. The highest BCUT2D eigenvalue weighted by Crippen LogP contribution is 2.15. The van der Waals surface area contributed by atoms with E-state index in [0.29, 0.717) is 5.69 Å². The molecular formula is C14H20N2O4. The number of amides is 2. The van der Waals surface area contributed by atoms with Gasteiger partial charge in [0.2, 0.25) is 0 Å². The molecule has 20 heavy (non-hydrogen) atoms. The number of hydrogen-bond donors (Lipinski definition) is 3. The van der Waals surface area contributed by atoms with Gasteiger partial charge >= 0.3 is 12.0 Å². The van der Waals surface area contributed by atoms with Crippen LogP contribution in [0.2, 0.25) is 0 Å². The van der Waals surface area contributed by atoms with Gasteiger partial charge in [-0.25, -0.2) is 9.59 Å². The minimum Gasteiger partial charge on any atom is -0.478 e. The summed E-state index contributed by atoms with van der Waals surface area (Å²) in [6.07, 6.45) is 0.802. The topological polar surface area (TPSA) is 89.9 Å². The Morgan fingerprint density at radius 2 is 1.90 bits per heavy atom. The molecule has 6 heteroatoms. The first-order valence-electron chi connectivity index (χ1n) is 6.51. The Balaban J connectivity index is 2.89. The zero-order valence-electron chi connectivity index (χ0n) is 11.7. The number of aliphatic hydroxyl groups is 1. The number of benzene rings is 1. The Bertz CT molecular complexity index is 459. The minimum atomic E-state index is -1.02. The largest absolute Gasteiger partial charge is 0.478 e. The van der Waals surface area contributed by atoms with Crippen LogP contribution in [0.5, 0.6) is 0 Å². The molecule has 110 valence electrons. The number of urea groups is 1. The third-order valence-corrected chi connectivity index (χ3v) is 2.98. The van der Waals surface area contributed by atoms with Crippen LogP contribution in [0.4, 0.5) is 10.5 Å². The number of carbonyl (C=O) groups excluding carboxylic acids is 1. The molecule has 1 aromatic carbocycles. The summed E-state index contributed by atoms with van der Waals surface area (Å²) in [7, 11) is 0. The monoisotopic (exact) mass is 280 g/mol. The maximum Gasteiger partial charge on any atom is 0.335 e. The van der Waals surface area contributed by atoms with Crippen LogP contribution in [0.15, 0.2) is 24.3 Å². The highest BCUT2D eigenvalue weighted by atomic mass is 16.4. The van der Waals surface area contributed by atoms with Crippen LogP contribution in [-0.2, 0) is 0 Å². The average molecular weight is 280 g/mol. The third-order valence-electron chi connectivity index (χ3n) is 2.98. The molecule has 1 atom stereocenters. The number of rotatable bonds is 6. The van der Waals surface area contributed by atoms with Crippen molar-refractivity contribution < 1.29 is 19.8 Å². The van der Waals surface area contributed by atoms with E-state index in [4.69, 9.17) is 10.2 Å². The summed E-state index contributed by atoms with van der Waals surface area (Å²) in [5, 5.41) is 20.7. The second-order valence-corrected chi connectivity index (χ2v) is 4.49. The summed E-state index contributed by atoms with van der Waals surface area (Å²) in [4.78, 5) is 24.3. The van der Waals surface area contributed by atoms with Crippen molar-refractivity contribution in [3.05, 3.63) is 29.8 Å². The van der Waals surface area contributed by atoms with Crippen LogP contribution >= 0.6 is 0 Å². The maximum atomic E-state index is 12.1. The summed E-state index contributed by atoms with van der Waals surface area (Å²) in [5.41, 5.74) is 0.699. The predicted molar refractivity (Wildman–Crippen MR) is 76.1 cm³/mol. The maximum absolute atomic E-state index is 12.1. The number of hydrogen-bond acceptors (Lipinski definition) is 3. The number of carboxylic acids is 1. The summed E-state index contributed by atoms with van der Waals surface area (Å²) < 4.78 is 0. The number of aliphatic hydroxyl groups excluding tert-OH is 1. The van der Waals surface area contributed by atoms with Gasteiger partial charge in [-0.1, -0.05) is 6.92 Å². The smallest absolute Gasteiger partial charge is 0.335 e. The Hall–Kier alpha value is -2.08. The van der Waals surface area contributed by atoms with Crippen molar-refractivity contribution in [2.45, 2.75) is 26.3 Å². The van der Waals surface area contributed by atoms with Crippen molar-refractivity contribution in [2.75, 3.05) is 18.1 Å². The molecule has 1 aromatic rings. The number of carboxylic acid groups (broad SMARTS) is 1. The van der Waals surface area contributed by atoms with E-state index in [9.17, 15) is 9.59 Å². The van der Waals surface area contributed by atoms with Gasteiger partial charge in [0, 0.05) is 11.7 Å². The number of nitrogens with one attached hydrogen (secondary N) is 1. The van der Waals surface area contributed by atoms with Crippen LogP contribution in [0.25, 0.3) is 0 Å². The second kappa shape index (κ2) is 7.49. The zero-order chi connectivity index (χ0) is 15.1. The molecule has 1 unspecified atom stereocenters. The molecule has 0 fully saturated rings. The van der Waals surface area contributed by atoms with Crippen LogP contribution in [0.1, 0.15) is 30.6 Å². The van der Waals surface area contributed by atoms with Crippen molar-refractivity contribution >= 4 is 17.7 Å². The van der Waals surface area contributed by atoms with E-state index >= 15 is 0 Å². The Kier molecular flexibility index (Phi) is 5.99. The predicted octanol–water partition coefficient (Wildman–Crippen LogP) is 1.69. The fourth-order valence-electron chi connectivity index (χ4n) is 1.62. The Morgan fingerprint density at radius 1 is 1.30 bits per heavy atom. The van der Waals surface area contributed by atoms with E-state index in [0.717, 1.165) is 6.42 Å². The SMILES string of the molecule is CCC(C)NC(=O)N(CCO)c1ccc(C(=O)O)cc1. The molecule has 0 spiro atoms. The van der Waals surface area contributed by atoms with Gasteiger partial charge in [0.25, 0.3) is 0 Å². The molecular weight excluding hydrogens is 260 g/mol. The lowest BCUT2D eigenvalue weighted by molar-refractivity contribution is 0.0697. The lowest BCUT2D eigenvalue weighted by Gasteiger charge is -2.24. The lowest BCUT2D eigenvalue weighted by Crippen LogP contribution is -2.45. The highest BCUT2D eigenvalue weighted by Gasteiger charge is 2.17. The van der Waals surface area contributed by atoms with Gasteiger partial charge in [-0.05, 0) is 37.6 Å². The molecule has 0 aliphatic rings. The number of carbonyl (C=O) groups is 2. The lowest BCUT2D eigenvalue weighted by atomic mass is 10.2. The quantitative estimate of drug-likeness (QED) is 0.739. The molecule has 0 aliphatic heterocycles. The zero-order valence-corrected chi connectivity index (χ0v) is 11.7. The van der Waals surface area contributed by atoms with Gasteiger partial charge in [0.05, 0.1) is 18.7 Å². The fourth-order valence-corrected chi connectivity index (χ4v) is 1.62. The van der Waals surface area contributed by atoms with Gasteiger partial charge in [-0.15, -0.1) is 0 Å². The van der Waals surface area contributed by atoms with E-state index in [2.05, 4.69) is 5.32 Å². The molecule has 0 bridgehead atoms. The first-order chi connectivity index (χ1) is 9.49. The third kappa shape index (κ3) is 4.24. The van der Waals surface area contributed by atoms with Crippen LogP contribution < -0.4 is 10.2 Å². The molecule has 0 heterocycles. The molecule has 0 aliphatic carbocycles. The van der Waals surface area contributed by atoms with Crippen molar-refractivity contribution in [1.29, 1.82) is 0 Å². The summed E-state index contributed by atoms with van der Waals surface area (Å²) in [6.45, 7) is 3.83. The summed E-state index contributed by atoms with van der Waals surface area (Å²) in [5.74, 6) is -1.02. The van der Waals surface area contributed by atoms with Crippen molar-refractivity contribution in [2.24, 2.45) is 0 Å². The first kappa shape index (κ1) is 16.0. The average Bonchev–Trinajstić information content (AvgIpc) is 2.44. The Morgan fingerprint density at radius 3 is 2.35 bits per heavy atom. The van der Waals surface area contributed by atoms with Crippen LogP contribution in [0.3, 0.4) is 0 Å². The van der Waals surface area contributed by atoms with Gasteiger partial charge in [0.15, 0.2) is 0 Å². The summed E-state index contributed by atoms with van der Waals surface area (Å²) >= 11 is 0. The number of nitrogens with zero attached hydrogens (tertiary/aromatic N) is 1. The molecule has 3 N–H and O–H groups in total. The van der Waals surface area contributed by atoms with Gasteiger partial charge in [0.1, 0.15) is 0 Å². The standard InChI is InChI=1S/C14H20N2O4/c1-3-10(2)15-14(20)16(8-9-17)12-6-4-11(5-7-12)13(18)19/h4-7,10,17H,3,8-9H2,1-2H3,(H,15,20)(H,18,19). The Labute approximate surface area is 118 Å².